The van der Waals surface area contributed by atoms with Gasteiger partial charge in [0.05, 0.1) is 0 Å². The van der Waals surface area contributed by atoms with Crippen molar-refractivity contribution in [3.63, 3.8) is 0 Å². The van der Waals surface area contributed by atoms with Crippen LogP contribution in [0.1, 0.15) is 0 Å². The molecule has 0 aliphatic heterocycles. The number of rotatable bonds is 4. The molecule has 0 saturated heterocycles. The second kappa shape index (κ2) is 36.0. The Bertz CT molecular complexity index is 146. The number of nitrogens with zero attached hydrogens (tertiary/aromatic N) is 4. The first-order valence-electron chi connectivity index (χ1n) is 4.36. The molecule has 12 nitrogen and oxygen atoms in total. The van der Waals surface area contributed by atoms with Crippen LogP contribution in [0.4, 0.5) is 0 Å². The van der Waals surface area contributed by atoms with Crippen molar-refractivity contribution in [3.8, 4) is 0 Å². The van der Waals surface area contributed by atoms with Crippen LogP contribution in [0.5, 0.6) is 0 Å². The van der Waals surface area contributed by atoms with Crippen molar-refractivity contribution in [3.05, 3.63) is 42.3 Å². The van der Waals surface area contributed by atoms with Crippen molar-refractivity contribution in [2.24, 2.45) is 0 Å². The number of likely N-dealkylation sites (N-methyl/N-ethyl adjacent to an activating group) is 2. The van der Waals surface area contributed by atoms with Crippen molar-refractivity contribution < 1.29 is 37.7 Å². The van der Waals surface area contributed by atoms with Crippen LogP contribution in [0.2, 0.25) is 0 Å². The molecule has 0 spiro atoms. The van der Waals surface area contributed by atoms with Gasteiger partial charge < -0.3 is 32.5 Å². The first-order valence-corrected chi connectivity index (χ1v) is 4.36. The summed E-state index contributed by atoms with van der Waals surface area (Å²) in [5.41, 5.74) is 13.0. The van der Waals surface area contributed by atoms with Crippen LogP contribution in [-0.2, 0) is 17.1 Å². The Kier molecular flexibility index (Phi) is 58.0. The molecule has 0 aliphatic rings. The van der Waals surface area contributed by atoms with Crippen LogP contribution in [0.25, 0.3) is 22.1 Å². The molecule has 0 aromatic carbocycles. The summed E-state index contributed by atoms with van der Waals surface area (Å²) in [7, 11) is 3.43. The maximum absolute atomic E-state index is 8.36. The number of hydrogen-bond acceptors (Lipinski definition) is 4. The van der Waals surface area contributed by atoms with E-state index in [2.05, 4.69) is 10.6 Å². The van der Waals surface area contributed by atoms with Gasteiger partial charge in [-0.1, -0.05) is 0 Å². The molecule has 0 bridgehead atoms. The summed E-state index contributed by atoms with van der Waals surface area (Å²) in [6.45, 7) is 2.22. The maximum atomic E-state index is 8.36. The van der Waals surface area contributed by atoms with Gasteiger partial charge in [0.15, 0.2) is 0 Å². The van der Waals surface area contributed by atoms with Gasteiger partial charge in [-0.25, -0.2) is 0 Å². The maximum Gasteiger partial charge on any atom is 0.291 e. The fourth-order valence-corrected chi connectivity index (χ4v) is 0.224. The SMILES string of the molecule is C[N-]CC[NH-].C[N-]CC[NH-].O=[N+]([O-])O.O=[N+]([O-])O.[Cu]. The Labute approximate surface area is 121 Å². The number of nitrogens with one attached hydrogen (secondary N) is 2. The molecule has 0 fully saturated rings. The van der Waals surface area contributed by atoms with Gasteiger partial charge >= 0.3 is 0 Å². The van der Waals surface area contributed by atoms with Gasteiger partial charge in [-0.2, -0.15) is 40.3 Å². The molecule has 0 aromatic rings. The van der Waals surface area contributed by atoms with Gasteiger partial charge in [0, 0.05) is 17.1 Å². The summed E-state index contributed by atoms with van der Waals surface area (Å²) in [5, 5.41) is 34.6. The third kappa shape index (κ3) is 479. The molecule has 0 amide bonds. The fourth-order valence-electron chi connectivity index (χ4n) is 0.224. The van der Waals surface area contributed by atoms with E-state index in [1.54, 1.807) is 14.1 Å². The molecule has 123 valence electrons. The predicted octanol–water partition coefficient (Wildman–Crippen LogP) is 1.39. The minimum atomic E-state index is -1.50. The second-order valence-corrected chi connectivity index (χ2v) is 2.06. The molecule has 0 saturated carbocycles. The largest absolute Gasteiger partial charge is 0.679 e. The summed E-state index contributed by atoms with van der Waals surface area (Å²) in [6.07, 6.45) is 0. The summed E-state index contributed by atoms with van der Waals surface area (Å²) >= 11 is 0. The zero-order valence-corrected chi connectivity index (χ0v) is 11.4. The van der Waals surface area contributed by atoms with Crippen LogP contribution in [0, 0.1) is 20.2 Å². The minimum Gasteiger partial charge on any atom is -0.679 e. The Morgan fingerprint density at radius 1 is 0.947 bits per heavy atom. The van der Waals surface area contributed by atoms with Crippen molar-refractivity contribution in [2.45, 2.75) is 0 Å². The van der Waals surface area contributed by atoms with E-state index < -0.39 is 10.2 Å². The van der Waals surface area contributed by atoms with Gasteiger partial charge in [-0.3, -0.25) is 0 Å². The van der Waals surface area contributed by atoms with Crippen molar-refractivity contribution in [1.82, 2.24) is 0 Å². The van der Waals surface area contributed by atoms with Crippen LogP contribution in [0.15, 0.2) is 0 Å². The average molecular weight is 334 g/mol. The molecule has 4 N–H and O–H groups in total. The van der Waals surface area contributed by atoms with Gasteiger partial charge in [-0.05, 0) is 0 Å². The monoisotopic (exact) mass is 333 g/mol. The zero-order chi connectivity index (χ0) is 15.4. The predicted molar refractivity (Wildman–Crippen MR) is 64.2 cm³/mol. The molecule has 0 atom stereocenters. The van der Waals surface area contributed by atoms with E-state index in [0.29, 0.717) is 26.2 Å². The zero-order valence-electron chi connectivity index (χ0n) is 10.4. The summed E-state index contributed by atoms with van der Waals surface area (Å²) in [4.78, 5) is 16.7. The van der Waals surface area contributed by atoms with Gasteiger partial charge in [0.2, 0.25) is 0 Å². The van der Waals surface area contributed by atoms with Gasteiger partial charge in [-0.15, -0.1) is 20.2 Å². The third-order valence-corrected chi connectivity index (χ3v) is 0.671. The van der Waals surface area contributed by atoms with Gasteiger partial charge in [0.1, 0.15) is 0 Å². The van der Waals surface area contributed by atoms with E-state index >= 15 is 0 Å². The van der Waals surface area contributed by atoms with E-state index in [9.17, 15) is 0 Å². The van der Waals surface area contributed by atoms with Crippen LogP contribution < -0.4 is 0 Å². The molecular weight excluding hydrogens is 316 g/mol. The first-order chi connectivity index (χ1) is 8.29. The second-order valence-electron chi connectivity index (χ2n) is 2.06. The van der Waals surface area contributed by atoms with E-state index in [1.165, 1.54) is 0 Å². The Hall–Kier alpha value is -1.24. The third-order valence-electron chi connectivity index (χ3n) is 0.671. The van der Waals surface area contributed by atoms with Crippen LogP contribution in [0.3, 0.4) is 0 Å². The summed E-state index contributed by atoms with van der Waals surface area (Å²) in [6, 6.07) is 0. The molecule has 1 radical (unpaired) electrons. The minimum absolute atomic E-state index is 0. The van der Waals surface area contributed by atoms with Crippen molar-refractivity contribution in [1.29, 1.82) is 0 Å². The van der Waals surface area contributed by atoms with Crippen LogP contribution >= 0.6 is 0 Å². The molecular formula is C6H18CuN6O6-4. The molecule has 0 aromatic heterocycles. The molecule has 0 heterocycles. The quantitative estimate of drug-likeness (QED) is 0.441. The van der Waals surface area contributed by atoms with E-state index in [0.717, 1.165) is 0 Å². The topological polar surface area (TPSA) is 203 Å². The Morgan fingerprint density at radius 2 is 1.11 bits per heavy atom. The first kappa shape index (κ1) is 30.6. The normalized spacial score (nSPS) is 6.95. The number of hydrogen-bond donors (Lipinski definition) is 2. The van der Waals surface area contributed by atoms with E-state index in [-0.39, 0.29) is 17.1 Å². The van der Waals surface area contributed by atoms with Crippen LogP contribution in [-0.4, -0.2) is 60.9 Å². The average Bonchev–Trinajstić information content (AvgIpc) is 2.19. The molecule has 13 heteroatoms. The smallest absolute Gasteiger partial charge is 0.291 e. The summed E-state index contributed by atoms with van der Waals surface area (Å²) in [5.74, 6) is 0. The summed E-state index contributed by atoms with van der Waals surface area (Å²) < 4.78 is 0. The molecule has 0 aliphatic carbocycles. The standard InChI is InChI=1S/2C3H8N2.Cu.2HNO3/c2*1-5-3-2-4;;2*2-1(3)4/h2*4H,2-3H2,1H3;;2*(H,2,3,4)/q2*-2;;;. The van der Waals surface area contributed by atoms with E-state index in [4.69, 9.17) is 42.1 Å². The molecule has 19 heavy (non-hydrogen) atoms. The van der Waals surface area contributed by atoms with E-state index in [1.807, 2.05) is 0 Å². The Morgan fingerprint density at radius 3 is 1.11 bits per heavy atom. The van der Waals surface area contributed by atoms with Gasteiger partial charge in [0.25, 0.3) is 10.2 Å². The molecule has 0 unspecified atom stereocenters. The fraction of sp³-hybridized carbons (Fsp3) is 1.00. The van der Waals surface area contributed by atoms with Crippen molar-refractivity contribution in [2.75, 3.05) is 40.3 Å². The Balaban J connectivity index is -0.0000000453. The molecule has 0 rings (SSSR count). The van der Waals surface area contributed by atoms with Crippen molar-refractivity contribution >= 4 is 0 Å².